The van der Waals surface area contributed by atoms with E-state index >= 15 is 0 Å². The molecule has 7 heteroatoms. The first kappa shape index (κ1) is 16.8. The van der Waals surface area contributed by atoms with Gasteiger partial charge in [-0.25, -0.2) is 4.98 Å². The number of aryl methyl sites for hydroxylation is 1. The largest absolute Gasteiger partial charge is 0.454 e. The predicted molar refractivity (Wildman–Crippen MR) is 108 cm³/mol. The maximum atomic E-state index is 12.3. The molecule has 0 atom stereocenters. The van der Waals surface area contributed by atoms with Crippen molar-refractivity contribution in [2.24, 2.45) is 0 Å². The molecule has 6 nitrogen and oxygen atoms in total. The lowest BCUT2D eigenvalue weighted by molar-refractivity contribution is -0.116. The van der Waals surface area contributed by atoms with Gasteiger partial charge in [0.2, 0.25) is 12.7 Å². The third-order valence-corrected chi connectivity index (χ3v) is 5.41. The van der Waals surface area contributed by atoms with E-state index in [0.717, 1.165) is 39.0 Å². The zero-order chi connectivity index (χ0) is 18.9. The van der Waals surface area contributed by atoms with Crippen LogP contribution in [0, 0.1) is 0 Å². The summed E-state index contributed by atoms with van der Waals surface area (Å²) in [7, 11) is 0. The summed E-state index contributed by atoms with van der Waals surface area (Å²) in [5.41, 5.74) is 3.77. The Morgan fingerprint density at radius 3 is 2.86 bits per heavy atom. The van der Waals surface area contributed by atoms with E-state index in [1.165, 1.54) is 0 Å². The van der Waals surface area contributed by atoms with Crippen LogP contribution in [0.3, 0.4) is 0 Å². The molecule has 1 N–H and O–H groups in total. The van der Waals surface area contributed by atoms with Gasteiger partial charge in [0, 0.05) is 35.4 Å². The summed E-state index contributed by atoms with van der Waals surface area (Å²) in [5, 5.41) is 4.95. The van der Waals surface area contributed by atoms with Crippen molar-refractivity contribution < 1.29 is 14.3 Å². The fraction of sp³-hybridized carbons (Fsp3) is 0.143. The summed E-state index contributed by atoms with van der Waals surface area (Å²) >= 11 is 1.60. The molecule has 4 aromatic rings. The van der Waals surface area contributed by atoms with Crippen LogP contribution >= 0.6 is 11.3 Å². The van der Waals surface area contributed by atoms with Gasteiger partial charge in [0.05, 0.1) is 5.69 Å². The number of ether oxygens (including phenoxy) is 2. The van der Waals surface area contributed by atoms with E-state index < -0.39 is 0 Å². The fourth-order valence-electron chi connectivity index (χ4n) is 3.17. The van der Waals surface area contributed by atoms with E-state index in [2.05, 4.69) is 10.3 Å². The third kappa shape index (κ3) is 3.32. The second-order valence-corrected chi connectivity index (χ2v) is 7.41. The first-order chi connectivity index (χ1) is 13.7. The van der Waals surface area contributed by atoms with Crippen LogP contribution in [-0.2, 0) is 11.2 Å². The summed E-state index contributed by atoms with van der Waals surface area (Å²) in [4.78, 5) is 17.8. The average Bonchev–Trinajstić information content (AvgIpc) is 3.42. The number of imidazole rings is 1. The topological polar surface area (TPSA) is 64.9 Å². The first-order valence-electron chi connectivity index (χ1n) is 8.96. The molecule has 3 heterocycles. The number of aromatic nitrogens is 2. The van der Waals surface area contributed by atoms with E-state index in [0.29, 0.717) is 12.8 Å². The quantitative estimate of drug-likeness (QED) is 0.549. The molecule has 2 aromatic carbocycles. The molecule has 0 unspecified atom stereocenters. The van der Waals surface area contributed by atoms with E-state index in [9.17, 15) is 4.79 Å². The monoisotopic (exact) mass is 391 g/mol. The Bertz CT molecular complexity index is 1120. The number of nitrogens with zero attached hydrogens (tertiary/aromatic N) is 2. The molecule has 1 aliphatic heterocycles. The summed E-state index contributed by atoms with van der Waals surface area (Å²) in [6.07, 6.45) is 5.04. The molecule has 1 aliphatic rings. The van der Waals surface area contributed by atoms with Crippen molar-refractivity contribution in [3.8, 4) is 22.8 Å². The Balaban J connectivity index is 1.20. The molecule has 0 bridgehead atoms. The van der Waals surface area contributed by atoms with Gasteiger partial charge in [-0.15, -0.1) is 11.3 Å². The number of benzene rings is 2. The molecule has 0 aliphatic carbocycles. The average molecular weight is 391 g/mol. The van der Waals surface area contributed by atoms with Crippen molar-refractivity contribution in [3.63, 3.8) is 0 Å². The Kier molecular flexibility index (Phi) is 4.21. The molecule has 1 amide bonds. The summed E-state index contributed by atoms with van der Waals surface area (Å²) in [6, 6.07) is 13.5. The fourth-order valence-corrected chi connectivity index (χ4v) is 3.87. The molecule has 0 spiro atoms. The number of amides is 1. The van der Waals surface area contributed by atoms with Crippen LogP contribution in [0.25, 0.3) is 16.2 Å². The smallest absolute Gasteiger partial charge is 0.231 e. The molecule has 2 aromatic heterocycles. The SMILES string of the molecule is O=C(CCc1ccc2c(c1)OCO2)Nc1ccc(-c2cn3ccsc3n2)cc1. The van der Waals surface area contributed by atoms with Crippen molar-refractivity contribution >= 4 is 27.9 Å². The van der Waals surface area contributed by atoms with Crippen LogP contribution in [0.5, 0.6) is 11.5 Å². The van der Waals surface area contributed by atoms with Crippen LogP contribution in [-0.4, -0.2) is 22.1 Å². The number of rotatable bonds is 5. The van der Waals surface area contributed by atoms with Gasteiger partial charge in [0.15, 0.2) is 16.5 Å². The number of fused-ring (bicyclic) bond motifs is 2. The van der Waals surface area contributed by atoms with Gasteiger partial charge in [0.1, 0.15) is 0 Å². The number of thiazole rings is 1. The minimum absolute atomic E-state index is 0.0204. The Labute approximate surface area is 165 Å². The highest BCUT2D eigenvalue weighted by Gasteiger charge is 2.13. The minimum atomic E-state index is -0.0204. The van der Waals surface area contributed by atoms with E-state index in [1.807, 2.05) is 64.6 Å². The lowest BCUT2D eigenvalue weighted by Crippen LogP contribution is -2.12. The van der Waals surface area contributed by atoms with Gasteiger partial charge in [-0.1, -0.05) is 18.2 Å². The second kappa shape index (κ2) is 7.01. The van der Waals surface area contributed by atoms with Crippen LogP contribution in [0.15, 0.2) is 60.2 Å². The zero-order valence-corrected chi connectivity index (χ0v) is 15.7. The predicted octanol–water partition coefficient (Wildman–Crippen LogP) is 4.36. The Hall–Kier alpha value is -3.32. The lowest BCUT2D eigenvalue weighted by atomic mass is 10.1. The molecule has 0 fully saturated rings. The van der Waals surface area contributed by atoms with Crippen LogP contribution in [0.4, 0.5) is 5.69 Å². The standard InChI is InChI=1S/C21H17N3O3S/c25-20(8-2-14-1-7-18-19(11-14)27-13-26-18)22-16-5-3-15(4-6-16)17-12-24-9-10-28-21(24)23-17/h1,3-7,9-12H,2,8,13H2,(H,22,25). The highest BCUT2D eigenvalue weighted by molar-refractivity contribution is 7.15. The summed E-state index contributed by atoms with van der Waals surface area (Å²) in [5.74, 6) is 1.48. The molecule has 0 saturated heterocycles. The van der Waals surface area contributed by atoms with Gasteiger partial charge in [-0.2, -0.15) is 0 Å². The molecule has 5 rings (SSSR count). The first-order valence-corrected chi connectivity index (χ1v) is 9.83. The molecule has 0 radical (unpaired) electrons. The molecule has 28 heavy (non-hydrogen) atoms. The Morgan fingerprint density at radius 2 is 2.00 bits per heavy atom. The number of nitrogens with one attached hydrogen (secondary N) is 1. The molecule has 140 valence electrons. The highest BCUT2D eigenvalue weighted by atomic mass is 32.1. The van der Waals surface area contributed by atoms with E-state index in [1.54, 1.807) is 11.3 Å². The maximum Gasteiger partial charge on any atom is 0.231 e. The van der Waals surface area contributed by atoms with Gasteiger partial charge in [0.25, 0.3) is 0 Å². The van der Waals surface area contributed by atoms with Crippen LogP contribution in [0.2, 0.25) is 0 Å². The van der Waals surface area contributed by atoms with Gasteiger partial charge in [-0.05, 0) is 36.2 Å². The van der Waals surface area contributed by atoms with Crippen molar-refractivity contribution in [2.45, 2.75) is 12.8 Å². The molecule has 0 saturated carbocycles. The maximum absolute atomic E-state index is 12.3. The summed E-state index contributed by atoms with van der Waals surface area (Å²) < 4.78 is 12.7. The minimum Gasteiger partial charge on any atom is -0.454 e. The van der Waals surface area contributed by atoms with E-state index in [4.69, 9.17) is 9.47 Å². The lowest BCUT2D eigenvalue weighted by Gasteiger charge is -2.07. The van der Waals surface area contributed by atoms with E-state index in [-0.39, 0.29) is 12.7 Å². The zero-order valence-electron chi connectivity index (χ0n) is 14.9. The normalized spacial score (nSPS) is 12.4. The number of carbonyl (C=O) groups excluding carboxylic acids is 1. The Morgan fingerprint density at radius 1 is 1.14 bits per heavy atom. The second-order valence-electron chi connectivity index (χ2n) is 6.53. The summed E-state index contributed by atoms with van der Waals surface area (Å²) in [6.45, 7) is 0.256. The number of hydrogen-bond donors (Lipinski definition) is 1. The van der Waals surface area contributed by atoms with Gasteiger partial charge < -0.3 is 14.8 Å². The van der Waals surface area contributed by atoms with Gasteiger partial charge in [-0.3, -0.25) is 9.20 Å². The van der Waals surface area contributed by atoms with Crippen molar-refractivity contribution in [1.82, 2.24) is 9.38 Å². The van der Waals surface area contributed by atoms with Crippen molar-refractivity contribution in [3.05, 3.63) is 65.8 Å². The molecular weight excluding hydrogens is 374 g/mol. The molecular formula is C21H17N3O3S. The van der Waals surface area contributed by atoms with Gasteiger partial charge >= 0.3 is 0 Å². The van der Waals surface area contributed by atoms with Crippen LogP contribution < -0.4 is 14.8 Å². The number of hydrogen-bond acceptors (Lipinski definition) is 5. The number of anilines is 1. The highest BCUT2D eigenvalue weighted by Crippen LogP contribution is 2.32. The third-order valence-electron chi connectivity index (χ3n) is 4.64. The van der Waals surface area contributed by atoms with Crippen molar-refractivity contribution in [2.75, 3.05) is 12.1 Å². The van der Waals surface area contributed by atoms with Crippen LogP contribution in [0.1, 0.15) is 12.0 Å². The van der Waals surface area contributed by atoms with Crippen molar-refractivity contribution in [1.29, 1.82) is 0 Å². The number of carbonyl (C=O) groups is 1.